The van der Waals surface area contributed by atoms with Gasteiger partial charge in [0.2, 0.25) is 5.91 Å². The van der Waals surface area contributed by atoms with E-state index in [4.69, 9.17) is 0 Å². The highest BCUT2D eigenvalue weighted by Crippen LogP contribution is 2.28. The third kappa shape index (κ3) is 9.29. The van der Waals surface area contributed by atoms with Gasteiger partial charge < -0.3 is 20.3 Å². The highest BCUT2D eigenvalue weighted by Gasteiger charge is 2.31. The van der Waals surface area contributed by atoms with Gasteiger partial charge in [0.25, 0.3) is 5.56 Å². The maximum atomic E-state index is 13.7. The molecule has 0 saturated heterocycles. The van der Waals surface area contributed by atoms with Crippen molar-refractivity contribution in [3.8, 4) is 0 Å². The van der Waals surface area contributed by atoms with E-state index in [1.54, 1.807) is 0 Å². The van der Waals surface area contributed by atoms with Gasteiger partial charge in [0, 0.05) is 44.4 Å². The lowest BCUT2D eigenvalue weighted by Crippen LogP contribution is -2.49. The van der Waals surface area contributed by atoms with Gasteiger partial charge in [-0.1, -0.05) is 31.2 Å². The number of halogens is 5. The van der Waals surface area contributed by atoms with E-state index >= 15 is 0 Å². The van der Waals surface area contributed by atoms with Crippen molar-refractivity contribution in [1.82, 2.24) is 15.2 Å². The van der Waals surface area contributed by atoms with E-state index < -0.39 is 47.0 Å². The minimum atomic E-state index is -4.65. The van der Waals surface area contributed by atoms with E-state index in [1.165, 1.54) is 0 Å². The molecular formula is C28H30F5N3O3. The Morgan fingerprint density at radius 1 is 1.00 bits per heavy atom. The Balaban J connectivity index is 1.68. The first-order valence-electron chi connectivity index (χ1n) is 12.4. The average Bonchev–Trinajstić information content (AvgIpc) is 2.86. The summed E-state index contributed by atoms with van der Waals surface area (Å²) in [5, 5.41) is 16.5. The van der Waals surface area contributed by atoms with Crippen LogP contribution in [0.4, 0.5) is 22.0 Å². The van der Waals surface area contributed by atoms with E-state index in [0.29, 0.717) is 24.9 Å². The molecule has 210 valence electrons. The van der Waals surface area contributed by atoms with Crippen LogP contribution in [0, 0.1) is 11.6 Å². The fraction of sp³-hybridized carbons (Fsp3) is 0.357. The molecule has 2 aromatic carbocycles. The average molecular weight is 552 g/mol. The van der Waals surface area contributed by atoms with E-state index in [0.717, 1.165) is 40.3 Å². The number of alkyl halides is 3. The summed E-state index contributed by atoms with van der Waals surface area (Å²) >= 11 is 0. The Morgan fingerprint density at radius 2 is 1.69 bits per heavy atom. The minimum absolute atomic E-state index is 0.0339. The van der Waals surface area contributed by atoms with Gasteiger partial charge in [-0.2, -0.15) is 13.2 Å². The normalized spacial score (nSPS) is 13.2. The lowest BCUT2D eigenvalue weighted by Gasteiger charge is -2.25. The Bertz CT molecular complexity index is 1310. The van der Waals surface area contributed by atoms with Crippen molar-refractivity contribution < 1.29 is 31.9 Å². The summed E-state index contributed by atoms with van der Waals surface area (Å²) < 4.78 is 67.2. The van der Waals surface area contributed by atoms with Gasteiger partial charge in [0.1, 0.15) is 11.6 Å². The van der Waals surface area contributed by atoms with Crippen LogP contribution in [-0.2, 0) is 36.9 Å². The number of hydrogen-bond donors (Lipinski definition) is 3. The molecule has 1 heterocycles. The van der Waals surface area contributed by atoms with Crippen LogP contribution in [0.1, 0.15) is 35.6 Å². The molecule has 1 amide bonds. The molecule has 0 radical (unpaired) electrons. The number of carbonyl (C=O) groups excluding carboxylic acids is 1. The minimum Gasteiger partial charge on any atom is -0.390 e. The van der Waals surface area contributed by atoms with Crippen LogP contribution >= 0.6 is 0 Å². The summed E-state index contributed by atoms with van der Waals surface area (Å²) in [6, 6.07) is 11.2. The molecule has 0 bridgehead atoms. The number of nitrogens with one attached hydrogen (secondary N) is 2. The number of carbonyl (C=O) groups is 1. The van der Waals surface area contributed by atoms with Gasteiger partial charge in [0.15, 0.2) is 0 Å². The largest absolute Gasteiger partial charge is 0.417 e. The first-order valence-corrected chi connectivity index (χ1v) is 12.4. The monoisotopic (exact) mass is 551 g/mol. The van der Waals surface area contributed by atoms with Crippen molar-refractivity contribution in [3.05, 3.63) is 105 Å². The highest BCUT2D eigenvalue weighted by molar-refractivity contribution is 5.76. The second-order valence-corrected chi connectivity index (χ2v) is 9.22. The predicted octanol–water partition coefficient (Wildman–Crippen LogP) is 3.98. The summed E-state index contributed by atoms with van der Waals surface area (Å²) in [6.07, 6.45) is -4.81. The molecule has 0 aliphatic rings. The van der Waals surface area contributed by atoms with Crippen LogP contribution < -0.4 is 16.2 Å². The Kier molecular flexibility index (Phi) is 10.4. The predicted molar refractivity (Wildman–Crippen MR) is 136 cm³/mol. The molecule has 3 rings (SSSR count). The number of aromatic nitrogens is 1. The third-order valence-electron chi connectivity index (χ3n) is 6.16. The summed E-state index contributed by atoms with van der Waals surface area (Å²) in [6.45, 7) is 2.16. The van der Waals surface area contributed by atoms with E-state index in [-0.39, 0.29) is 31.5 Å². The van der Waals surface area contributed by atoms with Crippen LogP contribution in [0.5, 0.6) is 0 Å². The molecule has 11 heteroatoms. The van der Waals surface area contributed by atoms with Gasteiger partial charge in [-0.05, 0) is 47.7 Å². The van der Waals surface area contributed by atoms with Crippen molar-refractivity contribution in [2.24, 2.45) is 0 Å². The van der Waals surface area contributed by atoms with Crippen LogP contribution in [0.15, 0.2) is 65.6 Å². The summed E-state index contributed by atoms with van der Waals surface area (Å²) in [7, 11) is 0. The molecule has 0 aliphatic carbocycles. The van der Waals surface area contributed by atoms with E-state index in [2.05, 4.69) is 10.6 Å². The fourth-order valence-electron chi connectivity index (χ4n) is 4.11. The van der Waals surface area contributed by atoms with Gasteiger partial charge >= 0.3 is 6.18 Å². The zero-order valence-electron chi connectivity index (χ0n) is 21.3. The number of pyridine rings is 1. The third-order valence-corrected chi connectivity index (χ3v) is 6.16. The fourth-order valence-corrected chi connectivity index (χ4v) is 4.11. The van der Waals surface area contributed by atoms with Crippen LogP contribution in [0.2, 0.25) is 0 Å². The van der Waals surface area contributed by atoms with E-state index in [9.17, 15) is 36.6 Å². The molecule has 6 nitrogen and oxygen atoms in total. The Morgan fingerprint density at radius 3 is 2.36 bits per heavy atom. The zero-order valence-corrected chi connectivity index (χ0v) is 21.3. The number of amides is 1. The van der Waals surface area contributed by atoms with Gasteiger partial charge in [-0.3, -0.25) is 9.59 Å². The second kappa shape index (κ2) is 13.5. The number of hydrogen-bond acceptors (Lipinski definition) is 4. The maximum absolute atomic E-state index is 13.7. The number of benzene rings is 2. The number of nitrogens with zero attached hydrogens (tertiary/aromatic N) is 1. The summed E-state index contributed by atoms with van der Waals surface area (Å²) in [4.78, 5) is 24.7. The second-order valence-electron chi connectivity index (χ2n) is 9.22. The molecule has 0 unspecified atom stereocenters. The van der Waals surface area contributed by atoms with Crippen molar-refractivity contribution in [1.29, 1.82) is 0 Å². The van der Waals surface area contributed by atoms with Gasteiger partial charge in [-0.15, -0.1) is 0 Å². The molecule has 0 saturated carbocycles. The summed E-state index contributed by atoms with van der Waals surface area (Å²) in [5.74, 6) is -2.29. The summed E-state index contributed by atoms with van der Waals surface area (Å²) in [5.41, 5.74) is 0.592. The smallest absolute Gasteiger partial charge is 0.390 e. The number of aliphatic hydroxyl groups is 1. The van der Waals surface area contributed by atoms with Crippen LogP contribution in [-0.4, -0.2) is 34.3 Å². The van der Waals surface area contributed by atoms with Crippen molar-refractivity contribution in [2.45, 2.75) is 57.6 Å². The van der Waals surface area contributed by atoms with Crippen molar-refractivity contribution in [2.75, 3.05) is 6.54 Å². The topological polar surface area (TPSA) is 83.4 Å². The van der Waals surface area contributed by atoms with Crippen molar-refractivity contribution >= 4 is 5.91 Å². The standard InChI is InChI=1S/C28H30F5N3O3/c1-2-18-4-3-5-19(10-18)15-34-16-25(37)24(13-20-11-22(29)14-23(30)12-20)35-26(38)8-9-36-17-21(28(31,32)33)6-7-27(36)39/h3-7,10-12,14,17,24-25,34,37H,2,8-9,13,15-16H2,1H3,(H,35,38)/t24-,25+/m0/s1. The molecule has 0 aliphatic heterocycles. The van der Waals surface area contributed by atoms with Gasteiger partial charge in [0.05, 0.1) is 17.7 Å². The first-order chi connectivity index (χ1) is 18.4. The molecule has 1 aromatic heterocycles. The zero-order chi connectivity index (χ0) is 28.6. The number of rotatable bonds is 12. The quantitative estimate of drug-likeness (QED) is 0.298. The molecule has 3 aromatic rings. The van der Waals surface area contributed by atoms with Crippen molar-refractivity contribution in [3.63, 3.8) is 0 Å². The molecule has 2 atom stereocenters. The van der Waals surface area contributed by atoms with Crippen LogP contribution in [0.25, 0.3) is 0 Å². The number of aliphatic hydroxyl groups excluding tert-OH is 1. The Labute approximate surface area is 222 Å². The lowest BCUT2D eigenvalue weighted by atomic mass is 10.00. The molecule has 0 spiro atoms. The number of aryl methyl sites for hydroxylation is 2. The van der Waals surface area contributed by atoms with Crippen LogP contribution in [0.3, 0.4) is 0 Å². The lowest BCUT2D eigenvalue weighted by molar-refractivity contribution is -0.138. The Hall–Kier alpha value is -3.57. The first kappa shape index (κ1) is 30.0. The van der Waals surface area contributed by atoms with Gasteiger partial charge in [-0.25, -0.2) is 8.78 Å². The van der Waals surface area contributed by atoms with E-state index in [1.807, 2.05) is 31.2 Å². The molecule has 3 N–H and O–H groups in total. The maximum Gasteiger partial charge on any atom is 0.417 e. The molecular weight excluding hydrogens is 521 g/mol. The highest BCUT2D eigenvalue weighted by atomic mass is 19.4. The molecule has 39 heavy (non-hydrogen) atoms. The molecule has 0 fully saturated rings. The SMILES string of the molecule is CCc1cccc(CNC[C@@H](O)[C@H](Cc2cc(F)cc(F)c2)NC(=O)CCn2cc(C(F)(F)F)ccc2=O)c1.